The largest absolute Gasteiger partial charge is 0.463 e. The number of aryl methyl sites for hydroxylation is 1. The Morgan fingerprint density at radius 2 is 2.11 bits per heavy atom. The Bertz CT molecular complexity index is 605. The second kappa shape index (κ2) is 4.53. The molecule has 0 unspecified atom stereocenters. The number of oxazole rings is 1. The van der Waals surface area contributed by atoms with Crippen LogP contribution in [0.1, 0.15) is 37.0 Å². The summed E-state index contributed by atoms with van der Waals surface area (Å²) in [6, 6.07) is 0. The molecule has 0 aliphatic carbocycles. The molecular formula is C13H17N3O3. The number of nitrogens with zero attached hydrogens (tertiary/aromatic N) is 3. The minimum atomic E-state index is -0.522. The van der Waals surface area contributed by atoms with E-state index in [4.69, 9.17) is 9.15 Å². The van der Waals surface area contributed by atoms with Gasteiger partial charge in [0.15, 0.2) is 0 Å². The molecule has 2 heterocycles. The van der Waals surface area contributed by atoms with E-state index in [-0.39, 0.29) is 11.2 Å². The van der Waals surface area contributed by atoms with Gasteiger partial charge in [0, 0.05) is 12.5 Å². The fraction of sp³-hybridized carbons (Fsp3) is 0.462. The molecule has 0 radical (unpaired) electrons. The number of rotatable bonds is 2. The molecule has 0 fully saturated rings. The van der Waals surface area contributed by atoms with Gasteiger partial charge in [-0.1, -0.05) is 20.8 Å². The molecule has 19 heavy (non-hydrogen) atoms. The van der Waals surface area contributed by atoms with Crippen LogP contribution in [0.4, 0.5) is 0 Å². The third kappa shape index (κ3) is 2.38. The Kier molecular flexibility index (Phi) is 3.18. The molecule has 102 valence electrons. The van der Waals surface area contributed by atoms with Crippen LogP contribution in [-0.2, 0) is 17.2 Å². The fourth-order valence-electron chi connectivity index (χ4n) is 1.73. The number of carbonyl (C=O) groups excluding carboxylic acids is 1. The minimum Gasteiger partial charge on any atom is -0.463 e. The van der Waals surface area contributed by atoms with Crippen LogP contribution >= 0.6 is 0 Å². The number of aromatic nitrogens is 3. The molecule has 0 amide bonds. The SMILES string of the molecule is COC(=O)c1oc(-c2cncn2C)nc1C(C)(C)C. The summed E-state index contributed by atoms with van der Waals surface area (Å²) < 4.78 is 12.1. The lowest BCUT2D eigenvalue weighted by atomic mass is 9.91. The molecule has 0 atom stereocenters. The van der Waals surface area contributed by atoms with E-state index in [1.54, 1.807) is 17.1 Å². The van der Waals surface area contributed by atoms with E-state index < -0.39 is 5.97 Å². The first kappa shape index (κ1) is 13.3. The van der Waals surface area contributed by atoms with Crippen molar-refractivity contribution in [2.75, 3.05) is 7.11 Å². The third-order valence-electron chi connectivity index (χ3n) is 2.74. The van der Waals surface area contributed by atoms with Gasteiger partial charge in [0.2, 0.25) is 11.7 Å². The van der Waals surface area contributed by atoms with Gasteiger partial charge in [-0.15, -0.1) is 0 Å². The van der Waals surface area contributed by atoms with Gasteiger partial charge in [-0.2, -0.15) is 0 Å². The van der Waals surface area contributed by atoms with Crippen LogP contribution in [0, 0.1) is 0 Å². The van der Waals surface area contributed by atoms with Gasteiger partial charge in [0.25, 0.3) is 0 Å². The Hall–Kier alpha value is -2.11. The van der Waals surface area contributed by atoms with Crippen molar-refractivity contribution in [2.24, 2.45) is 7.05 Å². The third-order valence-corrected chi connectivity index (χ3v) is 2.74. The number of esters is 1. The number of ether oxygens (including phenoxy) is 1. The molecule has 0 aliphatic rings. The zero-order valence-corrected chi connectivity index (χ0v) is 11.7. The van der Waals surface area contributed by atoms with Crippen LogP contribution in [-0.4, -0.2) is 27.6 Å². The van der Waals surface area contributed by atoms with Crippen LogP contribution in [0.2, 0.25) is 0 Å². The van der Waals surface area contributed by atoms with Gasteiger partial charge < -0.3 is 13.7 Å². The molecule has 0 aromatic carbocycles. The van der Waals surface area contributed by atoms with Gasteiger partial charge in [-0.05, 0) is 0 Å². The van der Waals surface area contributed by atoms with Crippen molar-refractivity contribution in [2.45, 2.75) is 26.2 Å². The van der Waals surface area contributed by atoms with Crippen molar-refractivity contribution >= 4 is 5.97 Å². The van der Waals surface area contributed by atoms with Crippen LogP contribution < -0.4 is 0 Å². The Labute approximate surface area is 111 Å². The van der Waals surface area contributed by atoms with Gasteiger partial charge in [0.1, 0.15) is 11.4 Å². The van der Waals surface area contributed by atoms with E-state index in [1.165, 1.54) is 7.11 Å². The monoisotopic (exact) mass is 263 g/mol. The van der Waals surface area contributed by atoms with Crippen molar-refractivity contribution in [3.63, 3.8) is 0 Å². The number of carbonyl (C=O) groups is 1. The summed E-state index contributed by atoms with van der Waals surface area (Å²) >= 11 is 0. The second-order valence-electron chi connectivity index (χ2n) is 5.33. The van der Waals surface area contributed by atoms with Crippen molar-refractivity contribution < 1.29 is 13.9 Å². The van der Waals surface area contributed by atoms with Crippen LogP contribution in [0.3, 0.4) is 0 Å². The summed E-state index contributed by atoms with van der Waals surface area (Å²) in [5.74, 6) is -0.0117. The zero-order chi connectivity index (χ0) is 14.2. The van der Waals surface area contributed by atoms with E-state index in [1.807, 2.05) is 27.8 Å². The molecule has 0 N–H and O–H groups in total. The van der Waals surface area contributed by atoms with Gasteiger partial charge in [-0.3, -0.25) is 0 Å². The average Bonchev–Trinajstić information content (AvgIpc) is 2.92. The summed E-state index contributed by atoms with van der Waals surface area (Å²) in [6.07, 6.45) is 3.29. The summed E-state index contributed by atoms with van der Waals surface area (Å²) in [5, 5.41) is 0. The summed E-state index contributed by atoms with van der Waals surface area (Å²) in [4.78, 5) is 20.2. The van der Waals surface area contributed by atoms with E-state index in [2.05, 4.69) is 9.97 Å². The van der Waals surface area contributed by atoms with Crippen molar-refractivity contribution in [3.05, 3.63) is 24.0 Å². The Morgan fingerprint density at radius 3 is 2.58 bits per heavy atom. The van der Waals surface area contributed by atoms with Crippen LogP contribution in [0.5, 0.6) is 0 Å². The van der Waals surface area contributed by atoms with Crippen molar-refractivity contribution in [3.8, 4) is 11.6 Å². The first-order valence-electron chi connectivity index (χ1n) is 5.91. The Morgan fingerprint density at radius 1 is 1.42 bits per heavy atom. The molecule has 6 nitrogen and oxygen atoms in total. The van der Waals surface area contributed by atoms with Crippen LogP contribution in [0.25, 0.3) is 11.6 Å². The summed E-state index contributed by atoms with van der Waals surface area (Å²) in [5.41, 5.74) is 0.973. The molecular weight excluding hydrogens is 246 g/mol. The first-order chi connectivity index (χ1) is 8.84. The van der Waals surface area contributed by atoms with Gasteiger partial charge >= 0.3 is 5.97 Å². The number of hydrogen-bond acceptors (Lipinski definition) is 5. The second-order valence-corrected chi connectivity index (χ2v) is 5.33. The predicted octanol–water partition coefficient (Wildman–Crippen LogP) is 2.16. The molecule has 0 saturated heterocycles. The lowest BCUT2D eigenvalue weighted by Gasteiger charge is -2.15. The maximum atomic E-state index is 11.8. The molecule has 2 aromatic rings. The van der Waals surface area contributed by atoms with E-state index in [9.17, 15) is 4.79 Å². The highest BCUT2D eigenvalue weighted by atomic mass is 16.5. The molecule has 2 aromatic heterocycles. The topological polar surface area (TPSA) is 70.2 Å². The lowest BCUT2D eigenvalue weighted by molar-refractivity contribution is 0.0562. The average molecular weight is 263 g/mol. The Balaban J connectivity index is 2.58. The maximum absolute atomic E-state index is 11.8. The van der Waals surface area contributed by atoms with Crippen molar-refractivity contribution in [1.82, 2.24) is 14.5 Å². The molecule has 0 aliphatic heterocycles. The first-order valence-corrected chi connectivity index (χ1v) is 5.91. The summed E-state index contributed by atoms with van der Waals surface area (Å²) in [6.45, 7) is 5.89. The zero-order valence-electron chi connectivity index (χ0n) is 11.7. The van der Waals surface area contributed by atoms with Gasteiger partial charge in [0.05, 0.1) is 19.6 Å². The molecule has 0 spiro atoms. The maximum Gasteiger partial charge on any atom is 0.376 e. The van der Waals surface area contributed by atoms with Gasteiger partial charge in [-0.25, -0.2) is 14.8 Å². The molecule has 0 saturated carbocycles. The normalized spacial score (nSPS) is 11.6. The van der Waals surface area contributed by atoms with Crippen LogP contribution in [0.15, 0.2) is 16.9 Å². The summed E-state index contributed by atoms with van der Waals surface area (Å²) in [7, 11) is 3.15. The number of methoxy groups -OCH3 is 1. The van der Waals surface area contributed by atoms with E-state index >= 15 is 0 Å². The molecule has 6 heteroatoms. The predicted molar refractivity (Wildman–Crippen MR) is 68.7 cm³/mol. The highest BCUT2D eigenvalue weighted by Crippen LogP contribution is 2.30. The minimum absolute atomic E-state index is 0.145. The number of imidazole rings is 1. The molecule has 2 rings (SSSR count). The highest BCUT2D eigenvalue weighted by molar-refractivity contribution is 5.88. The smallest absolute Gasteiger partial charge is 0.376 e. The molecule has 0 bridgehead atoms. The highest BCUT2D eigenvalue weighted by Gasteiger charge is 2.30. The van der Waals surface area contributed by atoms with Crippen molar-refractivity contribution in [1.29, 1.82) is 0 Å². The lowest BCUT2D eigenvalue weighted by Crippen LogP contribution is -2.17. The number of hydrogen-bond donors (Lipinski definition) is 0. The fourth-order valence-corrected chi connectivity index (χ4v) is 1.73. The van der Waals surface area contributed by atoms with E-state index in [0.717, 1.165) is 0 Å². The quantitative estimate of drug-likeness (QED) is 0.776. The van der Waals surface area contributed by atoms with E-state index in [0.29, 0.717) is 17.3 Å². The standard InChI is InChI=1S/C13H17N3O3/c1-13(2,3)10-9(12(17)18-5)19-11(15-10)8-6-14-7-16(8)4/h6-7H,1-5H3.